The van der Waals surface area contributed by atoms with E-state index in [4.69, 9.17) is 9.47 Å². The van der Waals surface area contributed by atoms with Crippen molar-refractivity contribution in [3.8, 4) is 5.75 Å². The predicted molar refractivity (Wildman–Crippen MR) is 114 cm³/mol. The lowest BCUT2D eigenvalue weighted by Gasteiger charge is -2.28. The number of esters is 1. The highest BCUT2D eigenvalue weighted by Crippen LogP contribution is 2.47. The number of hydrogen-bond donors (Lipinski definition) is 0. The van der Waals surface area contributed by atoms with Gasteiger partial charge in [0, 0.05) is 24.9 Å². The molecule has 154 valence electrons. The number of likely N-dealkylation sites (N-methyl/N-ethyl adjacent to an activating group) is 1. The van der Waals surface area contributed by atoms with Gasteiger partial charge in [0.25, 0.3) is 5.91 Å². The molecule has 2 aromatic rings. The van der Waals surface area contributed by atoms with Crippen LogP contribution < -0.4 is 9.64 Å². The third-order valence-corrected chi connectivity index (χ3v) is 6.05. The molecule has 0 spiro atoms. The number of fused-ring (bicyclic) bond motifs is 1. The quantitative estimate of drug-likeness (QED) is 0.676. The van der Waals surface area contributed by atoms with Crippen molar-refractivity contribution >= 4 is 29.3 Å². The number of rotatable bonds is 6. The second-order valence-corrected chi connectivity index (χ2v) is 8.29. The number of hydrogen-bond acceptors (Lipinski definition) is 6. The monoisotopic (exact) mass is 414 g/mol. The summed E-state index contributed by atoms with van der Waals surface area (Å²) in [5.41, 5.74) is 1.71. The molecule has 0 fully saturated rings. The molecule has 2 atom stereocenters. The zero-order valence-electron chi connectivity index (χ0n) is 17.1. The molecule has 0 radical (unpaired) electrons. The van der Waals surface area contributed by atoms with E-state index in [0.29, 0.717) is 18.8 Å². The lowest BCUT2D eigenvalue weighted by molar-refractivity contribution is -0.152. The van der Waals surface area contributed by atoms with E-state index in [1.54, 1.807) is 12.0 Å². The van der Waals surface area contributed by atoms with Gasteiger partial charge in [0.2, 0.25) is 0 Å². The summed E-state index contributed by atoms with van der Waals surface area (Å²) in [5, 5.41) is -0.382. The van der Waals surface area contributed by atoms with E-state index < -0.39 is 12.1 Å². The van der Waals surface area contributed by atoms with Crippen LogP contribution in [0.2, 0.25) is 0 Å². The number of ether oxygens (including phenoxy) is 2. The molecule has 0 saturated heterocycles. The number of methoxy groups -OCH3 is 1. The van der Waals surface area contributed by atoms with Crippen LogP contribution in [0.15, 0.2) is 53.4 Å². The van der Waals surface area contributed by atoms with Gasteiger partial charge < -0.3 is 19.3 Å². The molecule has 3 rings (SSSR count). The van der Waals surface area contributed by atoms with Gasteiger partial charge in [0.05, 0.1) is 18.0 Å². The van der Waals surface area contributed by atoms with Gasteiger partial charge in [-0.05, 0) is 43.9 Å². The molecular weight excluding hydrogens is 388 g/mol. The Morgan fingerprint density at radius 3 is 2.62 bits per heavy atom. The van der Waals surface area contributed by atoms with Gasteiger partial charge in [-0.15, -0.1) is 11.8 Å². The number of carbonyl (C=O) groups is 2. The first kappa shape index (κ1) is 21.2. The molecule has 1 aliphatic heterocycles. The van der Waals surface area contributed by atoms with E-state index >= 15 is 0 Å². The van der Waals surface area contributed by atoms with Crippen molar-refractivity contribution in [2.75, 3.05) is 39.2 Å². The van der Waals surface area contributed by atoms with Crippen molar-refractivity contribution in [2.45, 2.75) is 23.2 Å². The summed E-state index contributed by atoms with van der Waals surface area (Å²) >= 11 is 1.53. The lowest BCUT2D eigenvalue weighted by Crippen LogP contribution is -2.45. The van der Waals surface area contributed by atoms with Gasteiger partial charge >= 0.3 is 5.97 Å². The Balaban J connectivity index is 2.08. The summed E-state index contributed by atoms with van der Waals surface area (Å²) < 4.78 is 10.9. The number of nitrogens with zero attached hydrogens (tertiary/aromatic N) is 2. The SMILES string of the molecule is COc1cccc([C@H]2Sc3ccccc3N(CCN(C)C)C(=O)[C@@H]2OC(C)=O)c1. The second-order valence-electron chi connectivity index (χ2n) is 7.11. The van der Waals surface area contributed by atoms with Crippen molar-refractivity contribution < 1.29 is 19.1 Å². The minimum Gasteiger partial charge on any atom is -0.497 e. The number of carbonyl (C=O) groups excluding carboxylic acids is 2. The number of benzene rings is 2. The fraction of sp³-hybridized carbons (Fsp3) is 0.364. The molecule has 0 aromatic heterocycles. The number of anilines is 1. The largest absolute Gasteiger partial charge is 0.497 e. The van der Waals surface area contributed by atoms with Crippen molar-refractivity contribution in [2.24, 2.45) is 0 Å². The fourth-order valence-electron chi connectivity index (χ4n) is 3.26. The van der Waals surface area contributed by atoms with Crippen LogP contribution in [0.4, 0.5) is 5.69 Å². The average molecular weight is 415 g/mol. The Hall–Kier alpha value is -2.51. The van der Waals surface area contributed by atoms with E-state index in [9.17, 15) is 9.59 Å². The van der Waals surface area contributed by atoms with Gasteiger partial charge in [0.1, 0.15) is 5.75 Å². The molecule has 6 nitrogen and oxygen atoms in total. The smallest absolute Gasteiger partial charge is 0.303 e. The topological polar surface area (TPSA) is 59.1 Å². The molecular formula is C22H26N2O4S. The normalized spacial score (nSPS) is 18.9. The van der Waals surface area contributed by atoms with E-state index in [2.05, 4.69) is 0 Å². The first-order valence-electron chi connectivity index (χ1n) is 9.43. The van der Waals surface area contributed by atoms with Crippen LogP contribution in [0.25, 0.3) is 0 Å². The molecule has 1 amide bonds. The number of thioether (sulfide) groups is 1. The summed E-state index contributed by atoms with van der Waals surface area (Å²) in [6.07, 6.45) is -0.931. The molecule has 29 heavy (non-hydrogen) atoms. The van der Waals surface area contributed by atoms with Crippen LogP contribution in [0.1, 0.15) is 17.7 Å². The highest BCUT2D eigenvalue weighted by atomic mass is 32.2. The molecule has 0 saturated carbocycles. The van der Waals surface area contributed by atoms with Gasteiger partial charge in [-0.3, -0.25) is 9.59 Å². The highest BCUT2D eigenvalue weighted by molar-refractivity contribution is 7.99. The summed E-state index contributed by atoms with van der Waals surface area (Å²) in [4.78, 5) is 30.2. The Bertz CT molecular complexity index is 887. The number of amides is 1. The van der Waals surface area contributed by atoms with Gasteiger partial charge in [-0.1, -0.05) is 24.3 Å². The first-order chi connectivity index (χ1) is 13.9. The summed E-state index contributed by atoms with van der Waals surface area (Å²) in [6, 6.07) is 15.4. The summed E-state index contributed by atoms with van der Waals surface area (Å²) in [7, 11) is 5.53. The third-order valence-electron chi connectivity index (χ3n) is 4.68. The third kappa shape index (κ3) is 4.92. The van der Waals surface area contributed by atoms with Crippen LogP contribution in [-0.4, -0.2) is 57.2 Å². The zero-order chi connectivity index (χ0) is 21.0. The van der Waals surface area contributed by atoms with Crippen LogP contribution in [0, 0.1) is 0 Å². The van der Waals surface area contributed by atoms with Gasteiger partial charge in [-0.25, -0.2) is 0 Å². The standard InChI is InChI=1S/C22H26N2O4S/c1-15(25)28-20-21(16-8-7-9-17(14-16)27-4)29-19-11-6-5-10-18(19)24(22(20)26)13-12-23(2)3/h5-11,14,20-21H,12-13H2,1-4H3/t20-,21-/m1/s1. The summed E-state index contributed by atoms with van der Waals surface area (Å²) in [5.74, 6) is 0.00167. The maximum atomic E-state index is 13.6. The molecule has 0 bridgehead atoms. The average Bonchev–Trinajstić information content (AvgIpc) is 2.81. The van der Waals surface area contributed by atoms with Crippen molar-refractivity contribution in [1.82, 2.24) is 4.90 Å². The molecule has 1 aliphatic rings. The van der Waals surface area contributed by atoms with Gasteiger partial charge in [0.15, 0.2) is 6.10 Å². The minimum atomic E-state index is -0.931. The first-order valence-corrected chi connectivity index (χ1v) is 10.3. The van der Waals surface area contributed by atoms with Crippen LogP contribution in [-0.2, 0) is 14.3 Å². The fourth-order valence-corrected chi connectivity index (χ4v) is 4.57. The predicted octanol–water partition coefficient (Wildman–Crippen LogP) is 3.37. The molecule has 0 aliphatic carbocycles. The van der Waals surface area contributed by atoms with Crippen LogP contribution >= 0.6 is 11.8 Å². The highest BCUT2D eigenvalue weighted by Gasteiger charge is 2.40. The number of para-hydroxylation sites is 1. The molecule has 1 heterocycles. The van der Waals surface area contributed by atoms with Crippen LogP contribution in [0.3, 0.4) is 0 Å². The maximum Gasteiger partial charge on any atom is 0.303 e. The molecule has 7 heteroatoms. The van der Waals surface area contributed by atoms with Crippen LogP contribution in [0.5, 0.6) is 5.75 Å². The van der Waals surface area contributed by atoms with E-state index in [0.717, 1.165) is 16.1 Å². The Morgan fingerprint density at radius 2 is 1.93 bits per heavy atom. The molecule has 2 aromatic carbocycles. The van der Waals surface area contributed by atoms with E-state index in [1.165, 1.54) is 18.7 Å². The zero-order valence-corrected chi connectivity index (χ0v) is 17.9. The van der Waals surface area contributed by atoms with E-state index in [1.807, 2.05) is 67.5 Å². The van der Waals surface area contributed by atoms with Crippen molar-refractivity contribution in [1.29, 1.82) is 0 Å². The molecule has 0 N–H and O–H groups in total. The maximum absolute atomic E-state index is 13.6. The summed E-state index contributed by atoms with van der Waals surface area (Å²) in [6.45, 7) is 2.54. The second kappa shape index (κ2) is 9.33. The van der Waals surface area contributed by atoms with Gasteiger partial charge in [-0.2, -0.15) is 0 Å². The lowest BCUT2D eigenvalue weighted by atomic mass is 10.1. The van der Waals surface area contributed by atoms with Crippen molar-refractivity contribution in [3.63, 3.8) is 0 Å². The van der Waals surface area contributed by atoms with E-state index in [-0.39, 0.29) is 11.2 Å². The Labute approximate surface area is 175 Å². The minimum absolute atomic E-state index is 0.215. The van der Waals surface area contributed by atoms with Crippen molar-refractivity contribution in [3.05, 3.63) is 54.1 Å². The Morgan fingerprint density at radius 1 is 1.17 bits per heavy atom. The molecule has 0 unspecified atom stereocenters. The Kier molecular flexibility index (Phi) is 6.82.